The van der Waals surface area contributed by atoms with Crippen LogP contribution in [0, 0.1) is 3.57 Å². The fourth-order valence-corrected chi connectivity index (χ4v) is 1.09. The summed E-state index contributed by atoms with van der Waals surface area (Å²) in [5.41, 5.74) is -0.164. The molecule has 1 heterocycles. The summed E-state index contributed by atoms with van der Waals surface area (Å²) in [4.78, 5) is 17.6. The van der Waals surface area contributed by atoms with Crippen LogP contribution in [0.25, 0.3) is 0 Å². The van der Waals surface area contributed by atoms with Crippen molar-refractivity contribution in [1.29, 1.82) is 0 Å². The Morgan fingerprint density at radius 2 is 2.36 bits per heavy atom. The van der Waals surface area contributed by atoms with Crippen molar-refractivity contribution in [2.24, 2.45) is 0 Å². The highest BCUT2D eigenvalue weighted by molar-refractivity contribution is 14.1. The van der Waals surface area contributed by atoms with Crippen molar-refractivity contribution < 1.29 is 0 Å². The second kappa shape index (κ2) is 3.53. The van der Waals surface area contributed by atoms with Gasteiger partial charge in [-0.3, -0.25) is 4.79 Å². The van der Waals surface area contributed by atoms with Crippen LogP contribution in [-0.4, -0.2) is 9.97 Å². The number of H-pyrrole nitrogens is 1. The maximum atomic E-state index is 11.0. The van der Waals surface area contributed by atoms with Crippen LogP contribution < -0.4 is 5.56 Å². The van der Waals surface area contributed by atoms with Gasteiger partial charge in [-0.05, 0) is 22.6 Å². The molecule has 1 rings (SSSR count). The summed E-state index contributed by atoms with van der Waals surface area (Å²) in [5.74, 6) is 0.625. The molecule has 0 aliphatic rings. The van der Waals surface area contributed by atoms with E-state index in [2.05, 4.69) is 9.97 Å². The number of aromatic nitrogens is 2. The molecule has 0 radical (unpaired) electrons. The Morgan fingerprint density at radius 1 is 1.73 bits per heavy atom. The van der Waals surface area contributed by atoms with E-state index >= 15 is 0 Å². The van der Waals surface area contributed by atoms with E-state index in [9.17, 15) is 4.79 Å². The van der Waals surface area contributed by atoms with Crippen LogP contribution in [0.5, 0.6) is 0 Å². The second-order valence-corrected chi connectivity index (χ2v) is 3.41. The van der Waals surface area contributed by atoms with Crippen LogP contribution in [0.3, 0.4) is 0 Å². The van der Waals surface area contributed by atoms with Crippen LogP contribution in [0.2, 0.25) is 5.15 Å². The smallest absolute Gasteiger partial charge is 0.265 e. The van der Waals surface area contributed by atoms with Crippen molar-refractivity contribution in [3.8, 4) is 0 Å². The molecular weight excluding hydrogens is 278 g/mol. The van der Waals surface area contributed by atoms with E-state index in [0.717, 1.165) is 0 Å². The highest BCUT2D eigenvalue weighted by Crippen LogP contribution is 2.09. The molecule has 3 nitrogen and oxygen atoms in total. The maximum absolute atomic E-state index is 11.0. The van der Waals surface area contributed by atoms with Gasteiger partial charge in [0, 0.05) is 6.42 Å². The SMILES string of the molecule is CCc1nc(Cl)c(I)c(=O)[nH]1. The largest absolute Gasteiger partial charge is 0.310 e. The zero-order valence-corrected chi connectivity index (χ0v) is 8.73. The number of aromatic amines is 1. The summed E-state index contributed by atoms with van der Waals surface area (Å²) < 4.78 is 0.446. The molecule has 1 aromatic heterocycles. The molecule has 60 valence electrons. The van der Waals surface area contributed by atoms with Crippen LogP contribution in [0.15, 0.2) is 4.79 Å². The topological polar surface area (TPSA) is 45.8 Å². The van der Waals surface area contributed by atoms with Gasteiger partial charge >= 0.3 is 0 Å². The summed E-state index contributed by atoms with van der Waals surface area (Å²) in [6.45, 7) is 1.90. The predicted molar refractivity (Wildman–Crippen MR) is 52.0 cm³/mol. The lowest BCUT2D eigenvalue weighted by Gasteiger charge is -1.97. The highest BCUT2D eigenvalue weighted by Gasteiger charge is 2.04. The van der Waals surface area contributed by atoms with E-state index < -0.39 is 0 Å². The average Bonchev–Trinajstić information content (AvgIpc) is 1.99. The Hall–Kier alpha value is -0.100. The Labute approximate surface area is 82.3 Å². The molecule has 11 heavy (non-hydrogen) atoms. The van der Waals surface area contributed by atoms with Crippen molar-refractivity contribution in [1.82, 2.24) is 9.97 Å². The van der Waals surface area contributed by atoms with Crippen LogP contribution in [0.4, 0.5) is 0 Å². The molecule has 0 unspecified atom stereocenters. The number of hydrogen-bond acceptors (Lipinski definition) is 2. The van der Waals surface area contributed by atoms with Crippen molar-refractivity contribution in [3.63, 3.8) is 0 Å². The molecule has 0 bridgehead atoms. The number of halogens is 2. The van der Waals surface area contributed by atoms with E-state index in [0.29, 0.717) is 15.8 Å². The average molecular weight is 284 g/mol. The van der Waals surface area contributed by atoms with Gasteiger partial charge in [-0.2, -0.15) is 0 Å². The first kappa shape index (κ1) is 8.99. The lowest BCUT2D eigenvalue weighted by molar-refractivity contribution is 0.913. The van der Waals surface area contributed by atoms with Gasteiger partial charge in [-0.1, -0.05) is 18.5 Å². The monoisotopic (exact) mass is 284 g/mol. The fraction of sp³-hybridized carbons (Fsp3) is 0.333. The third kappa shape index (κ3) is 1.93. The number of aryl methyl sites for hydroxylation is 1. The van der Waals surface area contributed by atoms with Gasteiger partial charge in [-0.15, -0.1) is 0 Å². The van der Waals surface area contributed by atoms with Gasteiger partial charge in [0.2, 0.25) is 0 Å². The first-order valence-corrected chi connectivity index (χ1v) is 4.55. The molecule has 0 aromatic carbocycles. The van der Waals surface area contributed by atoms with Gasteiger partial charge < -0.3 is 4.98 Å². The number of nitrogens with one attached hydrogen (secondary N) is 1. The minimum atomic E-state index is -0.164. The quantitative estimate of drug-likeness (QED) is 0.629. The maximum Gasteiger partial charge on any atom is 0.265 e. The minimum absolute atomic E-state index is 0.164. The lowest BCUT2D eigenvalue weighted by atomic mass is 10.4. The van der Waals surface area contributed by atoms with E-state index in [-0.39, 0.29) is 10.7 Å². The minimum Gasteiger partial charge on any atom is -0.310 e. The fourth-order valence-electron chi connectivity index (χ4n) is 0.643. The van der Waals surface area contributed by atoms with Crippen molar-refractivity contribution in [3.05, 3.63) is 24.9 Å². The van der Waals surface area contributed by atoms with Crippen molar-refractivity contribution in [2.75, 3.05) is 0 Å². The molecule has 1 N–H and O–H groups in total. The van der Waals surface area contributed by atoms with Gasteiger partial charge in [-0.25, -0.2) is 4.98 Å². The van der Waals surface area contributed by atoms with Crippen molar-refractivity contribution in [2.45, 2.75) is 13.3 Å². The second-order valence-electron chi connectivity index (χ2n) is 1.97. The van der Waals surface area contributed by atoms with Crippen LogP contribution in [-0.2, 0) is 6.42 Å². The van der Waals surface area contributed by atoms with E-state index in [1.807, 2.05) is 29.5 Å². The summed E-state index contributed by atoms with van der Waals surface area (Å²) >= 11 is 7.52. The Kier molecular flexibility index (Phi) is 2.89. The highest BCUT2D eigenvalue weighted by atomic mass is 127. The number of hydrogen-bond donors (Lipinski definition) is 1. The van der Waals surface area contributed by atoms with Gasteiger partial charge in [0.05, 0.1) is 0 Å². The molecule has 0 atom stereocenters. The molecule has 0 aliphatic carbocycles. The van der Waals surface area contributed by atoms with Crippen LogP contribution in [0.1, 0.15) is 12.7 Å². The van der Waals surface area contributed by atoms with Gasteiger partial charge in [0.25, 0.3) is 5.56 Å². The first-order chi connectivity index (χ1) is 5.15. The Morgan fingerprint density at radius 3 is 2.82 bits per heavy atom. The molecule has 0 saturated heterocycles. The molecule has 0 spiro atoms. The molecule has 5 heteroatoms. The first-order valence-electron chi connectivity index (χ1n) is 3.09. The summed E-state index contributed by atoms with van der Waals surface area (Å²) in [5, 5.41) is 0.284. The van der Waals surface area contributed by atoms with Crippen molar-refractivity contribution >= 4 is 34.2 Å². The predicted octanol–water partition coefficient (Wildman–Crippen LogP) is 1.59. The number of nitrogens with zero attached hydrogens (tertiary/aromatic N) is 1. The lowest BCUT2D eigenvalue weighted by Crippen LogP contribution is -2.14. The summed E-state index contributed by atoms with van der Waals surface area (Å²) in [7, 11) is 0. The van der Waals surface area contributed by atoms with Gasteiger partial charge in [0.1, 0.15) is 14.5 Å². The number of rotatable bonds is 1. The normalized spacial score (nSPS) is 10.1. The Balaban J connectivity index is 3.32. The molecule has 0 fully saturated rings. The standard InChI is InChI=1S/C6H6ClIN2O/c1-2-3-9-5(7)4(8)6(11)10-3/h2H2,1H3,(H,9,10,11). The molecule has 0 saturated carbocycles. The summed E-state index contributed by atoms with van der Waals surface area (Å²) in [6.07, 6.45) is 0.686. The molecule has 1 aromatic rings. The zero-order chi connectivity index (χ0) is 8.43. The van der Waals surface area contributed by atoms with Gasteiger partial charge in [0.15, 0.2) is 0 Å². The molecule has 0 aliphatic heterocycles. The summed E-state index contributed by atoms with van der Waals surface area (Å²) in [6, 6.07) is 0. The molecule has 0 amide bonds. The third-order valence-electron chi connectivity index (χ3n) is 1.21. The Bertz CT molecular complexity index is 323. The van der Waals surface area contributed by atoms with E-state index in [4.69, 9.17) is 11.6 Å². The third-order valence-corrected chi connectivity index (χ3v) is 2.80. The molecular formula is C6H6ClIN2O. The zero-order valence-electron chi connectivity index (χ0n) is 5.82. The van der Waals surface area contributed by atoms with E-state index in [1.165, 1.54) is 0 Å². The van der Waals surface area contributed by atoms with E-state index in [1.54, 1.807) is 0 Å². The van der Waals surface area contributed by atoms with Crippen LogP contribution >= 0.6 is 34.2 Å².